The zero-order valence-corrected chi connectivity index (χ0v) is 17.4. The highest BCUT2D eigenvalue weighted by atomic mass is 32.1. The summed E-state index contributed by atoms with van der Waals surface area (Å²) in [4.78, 5) is 26.1. The molecule has 3 heterocycles. The highest BCUT2D eigenvalue weighted by molar-refractivity contribution is 7.08. The monoisotopic (exact) mass is 425 g/mol. The molecule has 0 aliphatic rings. The van der Waals surface area contributed by atoms with Gasteiger partial charge in [0.05, 0.1) is 11.0 Å². The van der Waals surface area contributed by atoms with Crippen molar-refractivity contribution in [2.45, 2.75) is 6.42 Å². The Balaban J connectivity index is 1.35. The summed E-state index contributed by atoms with van der Waals surface area (Å²) >= 11 is 1.51. The Morgan fingerprint density at radius 1 is 1.00 bits per heavy atom. The lowest BCUT2D eigenvalue weighted by Crippen LogP contribution is -2.09. The first-order valence-electron chi connectivity index (χ1n) is 9.93. The van der Waals surface area contributed by atoms with E-state index < -0.39 is 0 Å². The molecule has 0 amide bonds. The van der Waals surface area contributed by atoms with Gasteiger partial charge in [-0.15, -0.1) is 0 Å². The van der Waals surface area contributed by atoms with Crippen molar-refractivity contribution in [3.8, 4) is 5.82 Å². The van der Waals surface area contributed by atoms with Gasteiger partial charge in [-0.2, -0.15) is 16.3 Å². The van der Waals surface area contributed by atoms with Gasteiger partial charge in [0.15, 0.2) is 5.78 Å². The zero-order chi connectivity index (χ0) is 21.0. The number of rotatable bonds is 7. The Morgan fingerprint density at radius 3 is 2.74 bits per heavy atom. The third-order valence-electron chi connectivity index (χ3n) is 5.02. The maximum atomic E-state index is 12.6. The molecular formula is C24H19N5OS. The summed E-state index contributed by atoms with van der Waals surface area (Å²) in [6.45, 7) is 0.742. The average molecular weight is 426 g/mol. The number of hydrogen-bond acceptors (Lipinski definition) is 6. The van der Waals surface area contributed by atoms with Crippen LogP contribution in [-0.2, 0) is 6.42 Å². The van der Waals surface area contributed by atoms with Crippen molar-refractivity contribution in [2.24, 2.45) is 0 Å². The summed E-state index contributed by atoms with van der Waals surface area (Å²) in [7, 11) is 0. The molecule has 1 N–H and O–H groups in total. The van der Waals surface area contributed by atoms with E-state index in [2.05, 4.69) is 32.4 Å². The quantitative estimate of drug-likeness (QED) is 0.381. The molecule has 2 aromatic carbocycles. The molecule has 0 saturated carbocycles. The molecule has 0 unspecified atom stereocenters. The minimum Gasteiger partial charge on any atom is -0.354 e. The Bertz CT molecular complexity index is 1330. The van der Waals surface area contributed by atoms with E-state index in [4.69, 9.17) is 0 Å². The van der Waals surface area contributed by atoms with Crippen molar-refractivity contribution in [1.29, 1.82) is 0 Å². The summed E-state index contributed by atoms with van der Waals surface area (Å²) < 4.78 is 1.90. The number of carbonyl (C=O) groups excluding carboxylic acids is 1. The van der Waals surface area contributed by atoms with E-state index in [1.165, 1.54) is 16.9 Å². The Hall–Kier alpha value is -3.84. The van der Waals surface area contributed by atoms with Crippen LogP contribution in [0.1, 0.15) is 21.5 Å². The van der Waals surface area contributed by atoms with Crippen molar-refractivity contribution in [2.75, 3.05) is 11.9 Å². The van der Waals surface area contributed by atoms with Crippen molar-refractivity contribution < 1.29 is 4.79 Å². The van der Waals surface area contributed by atoms with E-state index in [0.29, 0.717) is 17.1 Å². The SMILES string of the molecule is O=C(c1ccsc1)c1ccc2c(c1)ncn2-c1ccnc(NCCc2ccccc2)n1. The summed E-state index contributed by atoms with van der Waals surface area (Å²) in [6.07, 6.45) is 4.34. The molecule has 0 fully saturated rings. The van der Waals surface area contributed by atoms with Crippen molar-refractivity contribution in [3.05, 3.63) is 101 Å². The van der Waals surface area contributed by atoms with Crippen LogP contribution >= 0.6 is 11.3 Å². The molecule has 152 valence electrons. The molecule has 0 radical (unpaired) electrons. The van der Waals surface area contributed by atoms with Crippen LogP contribution in [-0.4, -0.2) is 31.8 Å². The molecule has 5 aromatic rings. The molecule has 6 nitrogen and oxygen atoms in total. The fourth-order valence-corrected chi connectivity index (χ4v) is 4.06. The summed E-state index contributed by atoms with van der Waals surface area (Å²) in [5.74, 6) is 1.29. The average Bonchev–Trinajstić information content (AvgIpc) is 3.49. The molecule has 5 rings (SSSR count). The lowest BCUT2D eigenvalue weighted by Gasteiger charge is -2.08. The van der Waals surface area contributed by atoms with Crippen LogP contribution in [0.25, 0.3) is 16.9 Å². The number of hydrogen-bond donors (Lipinski definition) is 1. The molecule has 0 aliphatic carbocycles. The smallest absolute Gasteiger partial charge is 0.224 e. The first-order valence-corrected chi connectivity index (χ1v) is 10.9. The van der Waals surface area contributed by atoms with E-state index in [1.807, 2.05) is 63.9 Å². The minimum atomic E-state index is 0.00429. The standard InChI is InChI=1S/C24H19N5OS/c30-23(19-10-13-31-15-19)18-6-7-21-20(14-18)27-16-29(21)22-9-12-26-24(28-22)25-11-8-17-4-2-1-3-5-17/h1-7,9-10,12-16H,8,11H2,(H,25,26,28). The first-order chi connectivity index (χ1) is 15.3. The van der Waals surface area contributed by atoms with Crippen LogP contribution in [0.5, 0.6) is 0 Å². The van der Waals surface area contributed by atoms with Gasteiger partial charge in [-0.3, -0.25) is 9.36 Å². The molecule has 31 heavy (non-hydrogen) atoms. The number of aromatic nitrogens is 4. The largest absolute Gasteiger partial charge is 0.354 e. The van der Waals surface area contributed by atoms with Gasteiger partial charge < -0.3 is 5.32 Å². The molecule has 0 spiro atoms. The van der Waals surface area contributed by atoms with E-state index in [0.717, 1.165) is 29.8 Å². The lowest BCUT2D eigenvalue weighted by molar-refractivity contribution is 0.103. The number of nitrogens with zero attached hydrogens (tertiary/aromatic N) is 4. The predicted molar refractivity (Wildman–Crippen MR) is 123 cm³/mol. The Morgan fingerprint density at radius 2 is 1.90 bits per heavy atom. The van der Waals surface area contributed by atoms with Crippen LogP contribution in [0.15, 0.2) is 83.9 Å². The van der Waals surface area contributed by atoms with Gasteiger partial charge >= 0.3 is 0 Å². The summed E-state index contributed by atoms with van der Waals surface area (Å²) in [6, 6.07) is 19.5. The number of thiophene rings is 1. The second-order valence-electron chi connectivity index (χ2n) is 7.06. The topological polar surface area (TPSA) is 72.7 Å². The first kappa shape index (κ1) is 19.1. The molecule has 3 aromatic heterocycles. The van der Waals surface area contributed by atoms with Crippen molar-refractivity contribution in [1.82, 2.24) is 19.5 Å². The number of nitrogens with one attached hydrogen (secondary N) is 1. The van der Waals surface area contributed by atoms with Gasteiger partial charge in [-0.25, -0.2) is 9.97 Å². The van der Waals surface area contributed by atoms with Gasteiger partial charge in [-0.1, -0.05) is 30.3 Å². The number of benzene rings is 2. The highest BCUT2D eigenvalue weighted by Crippen LogP contribution is 2.21. The maximum absolute atomic E-state index is 12.6. The number of imidazole rings is 1. The number of carbonyl (C=O) groups is 1. The highest BCUT2D eigenvalue weighted by Gasteiger charge is 2.13. The molecule has 0 saturated heterocycles. The van der Waals surface area contributed by atoms with Gasteiger partial charge in [0.1, 0.15) is 12.1 Å². The van der Waals surface area contributed by atoms with Crippen LogP contribution in [0, 0.1) is 0 Å². The second kappa shape index (κ2) is 8.49. The maximum Gasteiger partial charge on any atom is 0.224 e. The third-order valence-corrected chi connectivity index (χ3v) is 5.70. The summed E-state index contributed by atoms with van der Waals surface area (Å²) in [5.41, 5.74) is 4.22. The summed E-state index contributed by atoms with van der Waals surface area (Å²) in [5, 5.41) is 7.05. The van der Waals surface area contributed by atoms with Gasteiger partial charge in [0.2, 0.25) is 5.95 Å². The third kappa shape index (κ3) is 4.08. The molecule has 0 atom stereocenters. The predicted octanol–water partition coefficient (Wildman–Crippen LogP) is 4.76. The van der Waals surface area contributed by atoms with Crippen molar-refractivity contribution in [3.63, 3.8) is 0 Å². The lowest BCUT2D eigenvalue weighted by atomic mass is 10.1. The zero-order valence-electron chi connectivity index (χ0n) is 16.6. The van der Waals surface area contributed by atoms with E-state index in [9.17, 15) is 4.79 Å². The van der Waals surface area contributed by atoms with E-state index in [1.54, 1.807) is 12.5 Å². The number of anilines is 1. The molecular weight excluding hydrogens is 406 g/mol. The van der Waals surface area contributed by atoms with Crippen LogP contribution < -0.4 is 5.32 Å². The second-order valence-corrected chi connectivity index (χ2v) is 7.84. The van der Waals surface area contributed by atoms with Crippen LogP contribution in [0.3, 0.4) is 0 Å². The fourth-order valence-electron chi connectivity index (χ4n) is 3.43. The Labute approximate surface area is 183 Å². The van der Waals surface area contributed by atoms with Gasteiger partial charge in [0.25, 0.3) is 0 Å². The molecule has 0 bridgehead atoms. The normalized spacial score (nSPS) is 11.0. The van der Waals surface area contributed by atoms with Gasteiger partial charge in [0, 0.05) is 29.2 Å². The minimum absolute atomic E-state index is 0.00429. The van der Waals surface area contributed by atoms with E-state index >= 15 is 0 Å². The van der Waals surface area contributed by atoms with Crippen LogP contribution in [0.4, 0.5) is 5.95 Å². The molecule has 7 heteroatoms. The number of ketones is 1. The number of fused-ring (bicyclic) bond motifs is 1. The fraction of sp³-hybridized carbons (Fsp3) is 0.0833. The Kier molecular flexibility index (Phi) is 5.24. The van der Waals surface area contributed by atoms with Crippen molar-refractivity contribution >= 4 is 34.1 Å². The molecule has 0 aliphatic heterocycles. The van der Waals surface area contributed by atoms with Crippen LogP contribution in [0.2, 0.25) is 0 Å². The van der Waals surface area contributed by atoms with E-state index in [-0.39, 0.29) is 5.78 Å². The van der Waals surface area contributed by atoms with Gasteiger partial charge in [-0.05, 0) is 47.7 Å².